The average Bonchev–Trinajstić information content (AvgIpc) is 3.49. The van der Waals surface area contributed by atoms with Crippen molar-refractivity contribution < 1.29 is 33.3 Å². The number of hydrogen-bond acceptors (Lipinski definition) is 9. The molecule has 3 aromatic rings. The van der Waals surface area contributed by atoms with Gasteiger partial charge in [-0.05, 0) is 41.8 Å². The summed E-state index contributed by atoms with van der Waals surface area (Å²) >= 11 is 1.37. The summed E-state index contributed by atoms with van der Waals surface area (Å²) < 4.78 is 7.19. The van der Waals surface area contributed by atoms with Gasteiger partial charge in [-0.3, -0.25) is 19.3 Å². The number of fused-ring (bicyclic) bond motifs is 2. The number of rotatable bonds is 7. The highest BCUT2D eigenvalue weighted by Crippen LogP contribution is 2.40. The van der Waals surface area contributed by atoms with E-state index in [4.69, 9.17) is 10.2 Å². The van der Waals surface area contributed by atoms with Gasteiger partial charge in [0.05, 0.1) is 11.7 Å². The van der Waals surface area contributed by atoms with Gasteiger partial charge >= 0.3 is 0 Å². The Morgan fingerprint density at radius 3 is 2.80 bits per heavy atom. The van der Waals surface area contributed by atoms with Gasteiger partial charge in [-0.15, -0.1) is 11.8 Å². The summed E-state index contributed by atoms with van der Waals surface area (Å²) in [6.45, 7) is 2.71. The monoisotopic (exact) mass is 574 g/mol. The summed E-state index contributed by atoms with van der Waals surface area (Å²) in [5, 5.41) is 14.3. The van der Waals surface area contributed by atoms with E-state index >= 15 is 0 Å². The lowest BCUT2D eigenvalue weighted by atomic mass is 10.0. The van der Waals surface area contributed by atoms with Crippen LogP contribution >= 0.6 is 11.8 Å². The number of carboxylic acid groups (broad SMARTS) is 1. The van der Waals surface area contributed by atoms with Crippen LogP contribution in [0.5, 0.6) is 0 Å². The van der Waals surface area contributed by atoms with Gasteiger partial charge in [-0.1, -0.05) is 0 Å². The second-order valence-electron chi connectivity index (χ2n) is 10.1. The normalized spacial score (nSPS) is 21.5. The molecular formula is C28H26N6O6S. The van der Waals surface area contributed by atoms with Crippen LogP contribution in [0.1, 0.15) is 17.9 Å². The van der Waals surface area contributed by atoms with E-state index in [1.807, 2.05) is 12.1 Å². The molecule has 3 N–H and O–H groups in total. The minimum Gasteiger partial charge on any atom is -0.543 e. The van der Waals surface area contributed by atoms with Crippen molar-refractivity contribution in [2.45, 2.75) is 37.8 Å². The van der Waals surface area contributed by atoms with Crippen LogP contribution in [-0.4, -0.2) is 62.2 Å². The molecule has 3 amide bonds. The highest BCUT2D eigenvalue weighted by Gasteiger charge is 2.50. The molecule has 6 rings (SSSR count). The van der Waals surface area contributed by atoms with E-state index in [1.54, 1.807) is 53.1 Å². The van der Waals surface area contributed by atoms with Gasteiger partial charge in [-0.25, -0.2) is 4.98 Å². The molecule has 0 unspecified atom stereocenters. The number of carbonyl (C=O) groups excluding carboxylic acids is 4. The number of aryl methyl sites for hydroxylation is 1. The minimum atomic E-state index is -1.46. The lowest BCUT2D eigenvalue weighted by molar-refractivity contribution is -0.684. The highest BCUT2D eigenvalue weighted by atomic mass is 32.2. The van der Waals surface area contributed by atoms with Crippen molar-refractivity contribution >= 4 is 52.2 Å². The maximum Gasteiger partial charge on any atom is 0.290 e. The topological polar surface area (TPSA) is 166 Å². The molecular weight excluding hydrogens is 548 g/mol. The molecule has 41 heavy (non-hydrogen) atoms. The summed E-state index contributed by atoms with van der Waals surface area (Å²) in [7, 11) is 0. The molecule has 3 aliphatic rings. The summed E-state index contributed by atoms with van der Waals surface area (Å²) in [6.07, 6.45) is 5.58. The largest absolute Gasteiger partial charge is 0.543 e. The zero-order valence-corrected chi connectivity index (χ0v) is 22.8. The molecule has 13 heteroatoms. The maximum absolute atomic E-state index is 13.1. The number of pyridine rings is 1. The highest BCUT2D eigenvalue weighted by molar-refractivity contribution is 8.00. The van der Waals surface area contributed by atoms with Gasteiger partial charge in [0.1, 0.15) is 16.9 Å². The number of nitrogens with zero attached hydrogens (tertiary/aromatic N) is 4. The van der Waals surface area contributed by atoms with Crippen molar-refractivity contribution in [2.75, 3.05) is 17.6 Å². The lowest BCUT2D eigenvalue weighted by Gasteiger charge is -2.49. The zero-order chi connectivity index (χ0) is 28.8. The van der Waals surface area contributed by atoms with Gasteiger partial charge in [0.2, 0.25) is 18.4 Å². The van der Waals surface area contributed by atoms with E-state index in [-0.39, 0.29) is 24.1 Å². The summed E-state index contributed by atoms with van der Waals surface area (Å²) in [6, 6.07) is 8.24. The third-order valence-electron chi connectivity index (χ3n) is 7.23. The fraction of sp³-hybridized carbons (Fsp3) is 0.286. The van der Waals surface area contributed by atoms with Crippen molar-refractivity contribution in [1.82, 2.24) is 14.8 Å². The number of carboxylic acids is 1. The molecule has 0 aliphatic carbocycles. The van der Waals surface area contributed by atoms with E-state index in [0.29, 0.717) is 59.1 Å². The Kier molecular flexibility index (Phi) is 6.83. The predicted molar refractivity (Wildman–Crippen MR) is 145 cm³/mol. The molecule has 5 heterocycles. The summed E-state index contributed by atoms with van der Waals surface area (Å²) in [4.78, 5) is 56.8. The quantitative estimate of drug-likeness (QED) is 0.224. The Bertz CT molecular complexity index is 1660. The number of nitrogens with one attached hydrogen (secondary N) is 1. The number of nitrogens with two attached hydrogens (primary N) is 1. The number of likely N-dealkylation sites (tertiary alicyclic amines) is 1. The number of benzene rings is 1. The molecule has 0 radical (unpaired) electrons. The number of aliphatic carboxylic acids is 1. The number of hydrogen-bond donors (Lipinski definition) is 2. The third-order valence-corrected chi connectivity index (χ3v) is 8.55. The van der Waals surface area contributed by atoms with E-state index in [9.17, 15) is 24.3 Å². The second-order valence-corrected chi connectivity index (χ2v) is 11.2. The number of allylic oxidation sites excluding steroid dienone is 1. The van der Waals surface area contributed by atoms with E-state index in [2.05, 4.69) is 10.3 Å². The van der Waals surface area contributed by atoms with E-state index in [0.717, 1.165) is 10.5 Å². The molecule has 12 nitrogen and oxygen atoms in total. The van der Waals surface area contributed by atoms with Gasteiger partial charge < -0.3 is 30.3 Å². The fourth-order valence-corrected chi connectivity index (χ4v) is 6.46. The Morgan fingerprint density at radius 2 is 2.05 bits per heavy atom. The smallest absolute Gasteiger partial charge is 0.290 e. The van der Waals surface area contributed by atoms with Crippen LogP contribution in [0.3, 0.4) is 0 Å². The van der Waals surface area contributed by atoms with Gasteiger partial charge in [0.15, 0.2) is 23.9 Å². The zero-order valence-electron chi connectivity index (χ0n) is 22.0. The first-order chi connectivity index (χ1) is 19.7. The Morgan fingerprint density at radius 1 is 1.27 bits per heavy atom. The van der Waals surface area contributed by atoms with Crippen LogP contribution in [0, 0.1) is 6.92 Å². The number of amides is 3. The number of carbonyl (C=O) groups is 4. The lowest BCUT2D eigenvalue weighted by Crippen LogP contribution is -2.69. The van der Waals surface area contributed by atoms with Crippen molar-refractivity contribution in [3.8, 4) is 0 Å². The minimum absolute atomic E-state index is 0.102. The first kappa shape index (κ1) is 26.7. The average molecular weight is 575 g/mol. The molecule has 0 spiro atoms. The molecule has 2 aromatic heterocycles. The molecule has 210 valence electrons. The number of aromatic nitrogens is 2. The molecule has 2 fully saturated rings. The molecule has 2 saturated heterocycles. The van der Waals surface area contributed by atoms with Gasteiger partial charge in [0.25, 0.3) is 5.91 Å². The van der Waals surface area contributed by atoms with Crippen LogP contribution in [0.25, 0.3) is 11.1 Å². The van der Waals surface area contributed by atoms with Crippen molar-refractivity contribution in [3.63, 3.8) is 0 Å². The van der Waals surface area contributed by atoms with Crippen LogP contribution < -0.4 is 20.7 Å². The van der Waals surface area contributed by atoms with Gasteiger partial charge in [-0.2, -0.15) is 4.57 Å². The summed E-state index contributed by atoms with van der Waals surface area (Å²) in [5.41, 5.74) is 9.29. The van der Waals surface area contributed by atoms with Crippen LogP contribution in [-0.2, 0) is 32.3 Å². The Balaban J connectivity index is 1.07. The molecule has 1 aromatic carbocycles. The first-order valence-electron chi connectivity index (χ1n) is 13.0. The number of β-lactam (4-membered cyclic amide) rings is 1. The van der Waals surface area contributed by atoms with Gasteiger partial charge in [0, 0.05) is 49.2 Å². The molecule has 3 aliphatic heterocycles. The summed E-state index contributed by atoms with van der Waals surface area (Å²) in [5.74, 6) is -1.43. The Hall–Kier alpha value is -4.49. The second kappa shape index (κ2) is 10.5. The SMILES string of the molecule is Cc1nc2cc(NC(=O)C[n+]3ccc(CN4CCC(=CC5=C(C(=O)[O-])N6C(=O)[C@@H](N)[C@H]6SC5)C4=O)cc3)ccc2o1. The van der Waals surface area contributed by atoms with Crippen LogP contribution in [0.15, 0.2) is 70.1 Å². The number of thioether (sulfide) groups is 1. The van der Waals surface area contributed by atoms with Crippen molar-refractivity contribution in [2.24, 2.45) is 5.73 Å². The number of oxazole rings is 1. The van der Waals surface area contributed by atoms with Crippen LogP contribution in [0.2, 0.25) is 0 Å². The van der Waals surface area contributed by atoms with Crippen molar-refractivity contribution in [1.29, 1.82) is 0 Å². The third kappa shape index (κ3) is 5.09. The predicted octanol–water partition coefficient (Wildman–Crippen LogP) is -0.0325. The molecule has 2 atom stereocenters. The standard InChI is InChI=1S/C28H26N6O6S/c1-15-30-20-11-19(2-3-21(20)40-15)31-22(35)13-32-7-4-16(5-8-32)12-33-9-6-17(25(33)36)10-18-14-41-27-23(29)26(37)34(27)24(18)28(38)39/h2-5,7-8,10-11,23,27H,6,9,12-14,29H2,1H3,(H-,31,35,38,39)/t23-,27-/m1/s1. The maximum atomic E-state index is 13.1. The first-order valence-corrected chi connectivity index (χ1v) is 14.0. The Labute approximate surface area is 238 Å². The van der Waals surface area contributed by atoms with Crippen molar-refractivity contribution in [3.05, 3.63) is 77.1 Å². The molecule has 0 saturated carbocycles. The fourth-order valence-electron chi connectivity index (χ4n) is 5.21. The molecule has 0 bridgehead atoms. The number of anilines is 1. The van der Waals surface area contributed by atoms with Crippen LogP contribution in [0.4, 0.5) is 5.69 Å². The van der Waals surface area contributed by atoms with E-state index in [1.165, 1.54) is 11.8 Å². The van der Waals surface area contributed by atoms with E-state index < -0.39 is 23.3 Å².